The number of anilines is 1. The third kappa shape index (κ3) is 3.95. The number of rotatable bonds is 6. The van der Waals surface area contributed by atoms with E-state index in [4.69, 9.17) is 19.2 Å². The fourth-order valence-electron chi connectivity index (χ4n) is 3.79. The van der Waals surface area contributed by atoms with E-state index < -0.39 is 0 Å². The summed E-state index contributed by atoms with van der Waals surface area (Å²) in [5, 5.41) is 10.4. The maximum Gasteiger partial charge on any atom is 0.284 e. The highest BCUT2D eigenvalue weighted by molar-refractivity contribution is 7.23. The molecule has 2 heterocycles. The number of fused-ring (bicyclic) bond motifs is 1. The summed E-state index contributed by atoms with van der Waals surface area (Å²) in [5.41, 5.74) is 2.27. The number of hydrogen-bond donors (Lipinski definition) is 1. The first-order valence-electron chi connectivity index (χ1n) is 10.6. The number of benzene rings is 3. The second kappa shape index (κ2) is 9.11. The minimum absolute atomic E-state index is 0.0138. The molecule has 0 saturated heterocycles. The molecule has 9 heteroatoms. The van der Waals surface area contributed by atoms with Crippen molar-refractivity contribution in [1.82, 2.24) is 4.98 Å². The van der Waals surface area contributed by atoms with Crippen LogP contribution in [0.5, 0.6) is 23.0 Å². The van der Waals surface area contributed by atoms with Gasteiger partial charge < -0.3 is 19.3 Å². The summed E-state index contributed by atoms with van der Waals surface area (Å²) in [6.07, 6.45) is 1.65. The lowest BCUT2D eigenvalue weighted by Crippen LogP contribution is -2.32. The van der Waals surface area contributed by atoms with Gasteiger partial charge in [-0.2, -0.15) is 0 Å². The van der Waals surface area contributed by atoms with Gasteiger partial charge in [-0.15, -0.1) is 0 Å². The molecule has 1 aliphatic heterocycles. The van der Waals surface area contributed by atoms with Crippen molar-refractivity contribution in [2.75, 3.05) is 26.2 Å². The summed E-state index contributed by atoms with van der Waals surface area (Å²) < 4.78 is 17.0. The lowest BCUT2D eigenvalue weighted by Gasteiger charge is -2.14. The number of phenolic OH excluding ortho intramolecular Hbond substituents is 1. The Balaban J connectivity index is 1.66. The van der Waals surface area contributed by atoms with Gasteiger partial charge in [0.2, 0.25) is 0 Å². The van der Waals surface area contributed by atoms with E-state index in [1.807, 2.05) is 36.4 Å². The molecule has 0 unspecified atom stereocenters. The molecule has 0 fully saturated rings. The fourth-order valence-corrected chi connectivity index (χ4v) is 4.86. The maximum absolute atomic E-state index is 13.7. The Hall–Kier alpha value is -4.37. The minimum Gasteiger partial charge on any atom is -0.504 e. The van der Waals surface area contributed by atoms with Crippen LogP contribution in [0.1, 0.15) is 11.1 Å². The van der Waals surface area contributed by atoms with Crippen LogP contribution in [0.2, 0.25) is 0 Å². The molecule has 1 aromatic heterocycles. The lowest BCUT2D eigenvalue weighted by molar-refractivity contribution is -0.113. The Morgan fingerprint density at radius 2 is 1.63 bits per heavy atom. The van der Waals surface area contributed by atoms with E-state index in [1.165, 1.54) is 29.4 Å². The van der Waals surface area contributed by atoms with Crippen molar-refractivity contribution < 1.29 is 24.1 Å². The van der Waals surface area contributed by atoms with Gasteiger partial charge in [0, 0.05) is 5.56 Å². The number of phenols is 1. The van der Waals surface area contributed by atoms with Gasteiger partial charge in [0.25, 0.3) is 5.91 Å². The number of methoxy groups -OCH3 is 3. The average molecular weight is 488 g/mol. The number of ether oxygens (including phenoxy) is 3. The molecule has 1 amide bonds. The molecule has 4 aromatic rings. The summed E-state index contributed by atoms with van der Waals surface area (Å²) in [5.74, 6) is 1.68. The number of aliphatic imine (C=N–C) groups is 1. The zero-order valence-corrected chi connectivity index (χ0v) is 20.0. The zero-order chi connectivity index (χ0) is 24.5. The number of hydrogen-bond acceptors (Lipinski definition) is 8. The number of amides is 1. The SMILES string of the molecule is COc1cc(/C=C2/N=C(c3ccccc3)N(c3nc4c(OC)ccc(OC)c4s3)C2=O)ccc1O. The first-order valence-corrected chi connectivity index (χ1v) is 11.4. The predicted molar refractivity (Wildman–Crippen MR) is 136 cm³/mol. The van der Waals surface area contributed by atoms with E-state index in [0.717, 1.165) is 10.3 Å². The molecule has 176 valence electrons. The largest absolute Gasteiger partial charge is 0.504 e. The van der Waals surface area contributed by atoms with Crippen LogP contribution in [-0.2, 0) is 4.79 Å². The standard InChI is InChI=1S/C26H21N3O5S/c1-32-19-11-12-20(33-2)23-22(19)28-26(35-23)29-24(16-7-5-4-6-8-16)27-17(25(29)31)13-15-9-10-18(30)21(14-15)34-3/h4-14,30H,1-3H3/b17-13+. The lowest BCUT2D eigenvalue weighted by atomic mass is 10.1. The van der Waals surface area contributed by atoms with Crippen molar-refractivity contribution in [2.24, 2.45) is 4.99 Å². The Morgan fingerprint density at radius 3 is 2.34 bits per heavy atom. The van der Waals surface area contributed by atoms with Crippen molar-refractivity contribution in [3.8, 4) is 23.0 Å². The van der Waals surface area contributed by atoms with Crippen molar-refractivity contribution in [3.63, 3.8) is 0 Å². The Morgan fingerprint density at radius 1 is 0.914 bits per heavy atom. The maximum atomic E-state index is 13.7. The summed E-state index contributed by atoms with van der Waals surface area (Å²) in [7, 11) is 4.63. The topological polar surface area (TPSA) is 93.5 Å². The molecule has 1 aliphatic rings. The molecule has 8 nitrogen and oxygen atoms in total. The molecule has 1 N–H and O–H groups in total. The first-order chi connectivity index (χ1) is 17.0. The summed E-state index contributed by atoms with van der Waals surface area (Å²) in [4.78, 5) is 24.6. The van der Waals surface area contributed by atoms with Gasteiger partial charge in [-0.25, -0.2) is 14.9 Å². The number of carbonyl (C=O) groups is 1. The predicted octanol–water partition coefficient (Wildman–Crippen LogP) is 4.86. The summed E-state index contributed by atoms with van der Waals surface area (Å²) in [6.45, 7) is 0. The molecule has 0 bridgehead atoms. The molecule has 0 saturated carbocycles. The molecular weight excluding hydrogens is 466 g/mol. The molecule has 5 rings (SSSR count). The first kappa shape index (κ1) is 22.4. The molecule has 3 aromatic carbocycles. The van der Waals surface area contributed by atoms with Gasteiger partial charge >= 0.3 is 0 Å². The van der Waals surface area contributed by atoms with Gasteiger partial charge in [-0.3, -0.25) is 4.79 Å². The van der Waals surface area contributed by atoms with Gasteiger partial charge in [-0.05, 0) is 35.9 Å². The van der Waals surface area contributed by atoms with E-state index in [2.05, 4.69) is 4.99 Å². The second-order valence-corrected chi connectivity index (χ2v) is 8.52. The monoisotopic (exact) mass is 487 g/mol. The number of amidine groups is 1. The van der Waals surface area contributed by atoms with Crippen LogP contribution in [0.15, 0.2) is 71.4 Å². The van der Waals surface area contributed by atoms with E-state index in [1.54, 1.807) is 38.5 Å². The van der Waals surface area contributed by atoms with Crippen molar-refractivity contribution >= 4 is 44.5 Å². The van der Waals surface area contributed by atoms with Crippen LogP contribution in [0.25, 0.3) is 16.3 Å². The van der Waals surface area contributed by atoms with Crippen molar-refractivity contribution in [1.29, 1.82) is 0 Å². The highest BCUT2D eigenvalue weighted by Crippen LogP contribution is 2.42. The van der Waals surface area contributed by atoms with Crippen molar-refractivity contribution in [3.05, 3.63) is 77.5 Å². The zero-order valence-electron chi connectivity index (χ0n) is 19.2. The highest BCUT2D eigenvalue weighted by atomic mass is 32.1. The van der Waals surface area contributed by atoms with E-state index in [9.17, 15) is 9.90 Å². The summed E-state index contributed by atoms with van der Waals surface area (Å²) in [6, 6.07) is 17.9. The van der Waals surface area contributed by atoms with Crippen LogP contribution in [0.4, 0.5) is 5.13 Å². The van der Waals surface area contributed by atoms with E-state index >= 15 is 0 Å². The second-order valence-electron chi connectivity index (χ2n) is 7.55. The van der Waals surface area contributed by atoms with Crippen LogP contribution in [-0.4, -0.2) is 43.2 Å². The number of aromatic nitrogens is 1. The molecule has 0 radical (unpaired) electrons. The van der Waals surface area contributed by atoms with E-state index in [-0.39, 0.29) is 17.4 Å². The minimum atomic E-state index is -0.326. The number of nitrogens with zero attached hydrogens (tertiary/aromatic N) is 3. The summed E-state index contributed by atoms with van der Waals surface area (Å²) >= 11 is 1.32. The Labute approximate surface area is 205 Å². The molecule has 0 aliphatic carbocycles. The Kier molecular flexibility index (Phi) is 5.84. The number of aromatic hydroxyl groups is 1. The normalized spacial score (nSPS) is 14.5. The van der Waals surface area contributed by atoms with Gasteiger partial charge in [0.15, 0.2) is 16.6 Å². The molecule has 35 heavy (non-hydrogen) atoms. The third-order valence-electron chi connectivity index (χ3n) is 5.49. The Bertz CT molecular complexity index is 1450. The van der Waals surface area contributed by atoms with Gasteiger partial charge in [0.1, 0.15) is 33.2 Å². The fraction of sp³-hybridized carbons (Fsp3) is 0.115. The highest BCUT2D eigenvalue weighted by Gasteiger charge is 2.35. The van der Waals surface area contributed by atoms with Crippen LogP contribution in [0.3, 0.4) is 0 Å². The van der Waals surface area contributed by atoms with Crippen LogP contribution >= 0.6 is 11.3 Å². The smallest absolute Gasteiger partial charge is 0.284 e. The van der Waals surface area contributed by atoms with Crippen LogP contribution in [0, 0.1) is 0 Å². The molecular formula is C26H21N3O5S. The average Bonchev–Trinajstić information content (AvgIpc) is 3.46. The molecule has 0 spiro atoms. The third-order valence-corrected chi connectivity index (χ3v) is 6.54. The van der Waals surface area contributed by atoms with Crippen molar-refractivity contribution in [2.45, 2.75) is 0 Å². The van der Waals surface area contributed by atoms with Gasteiger partial charge in [0.05, 0.1) is 21.3 Å². The quantitative estimate of drug-likeness (QED) is 0.391. The molecule has 0 atom stereocenters. The van der Waals surface area contributed by atoms with Gasteiger partial charge in [-0.1, -0.05) is 47.7 Å². The van der Waals surface area contributed by atoms with E-state index in [0.29, 0.717) is 39.3 Å². The number of thiazole rings is 1. The van der Waals surface area contributed by atoms with Crippen LogP contribution < -0.4 is 19.1 Å². The number of carbonyl (C=O) groups excluding carboxylic acids is 1.